The smallest absolute Gasteiger partial charge is 0.236 e. The Labute approximate surface area is 201 Å². The summed E-state index contributed by atoms with van der Waals surface area (Å²) in [6.45, 7) is 7.02. The molecule has 0 aliphatic carbocycles. The lowest BCUT2D eigenvalue weighted by Crippen LogP contribution is -2.52. The topological polar surface area (TPSA) is 61.8 Å². The van der Waals surface area contributed by atoms with E-state index in [2.05, 4.69) is 27.8 Å². The van der Waals surface area contributed by atoms with E-state index in [0.29, 0.717) is 19.6 Å². The summed E-state index contributed by atoms with van der Waals surface area (Å²) in [7, 11) is 0. The van der Waals surface area contributed by atoms with E-state index < -0.39 is 0 Å². The maximum Gasteiger partial charge on any atom is 0.236 e. The molecule has 0 radical (unpaired) electrons. The highest BCUT2D eigenvalue weighted by molar-refractivity contribution is 5.79. The van der Waals surface area contributed by atoms with E-state index >= 15 is 0 Å². The van der Waals surface area contributed by atoms with Gasteiger partial charge in [-0.25, -0.2) is 9.97 Å². The van der Waals surface area contributed by atoms with Crippen LogP contribution in [-0.4, -0.2) is 71.0 Å². The molecule has 2 aromatic carbocycles. The first-order chi connectivity index (χ1) is 16.7. The maximum atomic E-state index is 13.2. The first-order valence-electron chi connectivity index (χ1n) is 12.4. The predicted molar refractivity (Wildman–Crippen MR) is 134 cm³/mol. The monoisotopic (exact) mass is 459 g/mol. The molecule has 1 unspecified atom stereocenters. The van der Waals surface area contributed by atoms with E-state index in [1.807, 2.05) is 53.6 Å². The van der Waals surface area contributed by atoms with Gasteiger partial charge in [-0.2, -0.15) is 0 Å². The van der Waals surface area contributed by atoms with Crippen LogP contribution in [0.25, 0.3) is 10.9 Å². The van der Waals surface area contributed by atoms with Crippen LogP contribution < -0.4 is 9.64 Å². The second-order valence-corrected chi connectivity index (χ2v) is 9.26. The number of fused-ring (bicyclic) bond motifs is 2. The zero-order valence-electron chi connectivity index (χ0n) is 19.9. The SMILES string of the molecule is CCCCC1CN(CC(=O)N2CCN(c3ncc4ccccc4n3)CC2)Cc2ccccc2O1. The summed E-state index contributed by atoms with van der Waals surface area (Å²) in [6, 6.07) is 16.3. The number of ether oxygens (including phenoxy) is 1. The molecule has 2 aliphatic rings. The van der Waals surface area contributed by atoms with Crippen molar-refractivity contribution < 1.29 is 9.53 Å². The van der Waals surface area contributed by atoms with Crippen LogP contribution in [0.5, 0.6) is 5.75 Å². The standard InChI is InChI=1S/C27H33N5O2/c1-2-3-10-23-19-30(18-22-9-5-7-12-25(22)34-23)20-26(33)31-13-15-32(16-14-31)27-28-17-21-8-4-6-11-24(21)29-27/h4-9,11-12,17,23H,2-3,10,13-16,18-20H2,1H3. The van der Waals surface area contributed by atoms with Gasteiger partial charge in [-0.3, -0.25) is 9.69 Å². The molecule has 1 atom stereocenters. The lowest BCUT2D eigenvalue weighted by molar-refractivity contribution is -0.133. The molecular formula is C27H33N5O2. The average Bonchev–Trinajstić information content (AvgIpc) is 3.05. The van der Waals surface area contributed by atoms with Gasteiger partial charge in [0, 0.05) is 56.4 Å². The second-order valence-electron chi connectivity index (χ2n) is 9.26. The first-order valence-corrected chi connectivity index (χ1v) is 12.4. The number of hydrogen-bond acceptors (Lipinski definition) is 6. The molecule has 1 aromatic heterocycles. The number of unbranched alkanes of at least 4 members (excludes halogenated alkanes) is 1. The Bertz CT molecular complexity index is 1130. The fourth-order valence-electron chi connectivity index (χ4n) is 4.82. The van der Waals surface area contributed by atoms with Crippen LogP contribution in [0.2, 0.25) is 0 Å². The van der Waals surface area contributed by atoms with Gasteiger partial charge >= 0.3 is 0 Å². The number of rotatable bonds is 6. The largest absolute Gasteiger partial charge is 0.489 e. The molecule has 3 aromatic rings. The molecule has 0 spiro atoms. The van der Waals surface area contributed by atoms with Crippen LogP contribution in [0.1, 0.15) is 31.7 Å². The normalized spacial score (nSPS) is 18.9. The molecule has 1 amide bonds. The van der Waals surface area contributed by atoms with E-state index in [0.717, 1.165) is 73.6 Å². The van der Waals surface area contributed by atoms with E-state index in [4.69, 9.17) is 9.72 Å². The number of nitrogens with zero attached hydrogens (tertiary/aromatic N) is 5. The quantitative estimate of drug-likeness (QED) is 0.560. The molecule has 1 saturated heterocycles. The minimum Gasteiger partial charge on any atom is -0.489 e. The molecule has 0 N–H and O–H groups in total. The van der Waals surface area contributed by atoms with Crippen LogP contribution in [0.15, 0.2) is 54.7 Å². The van der Waals surface area contributed by atoms with Gasteiger partial charge in [-0.15, -0.1) is 0 Å². The van der Waals surface area contributed by atoms with Crippen LogP contribution in [0, 0.1) is 0 Å². The lowest BCUT2D eigenvalue weighted by Gasteiger charge is -2.36. The highest BCUT2D eigenvalue weighted by atomic mass is 16.5. The highest BCUT2D eigenvalue weighted by Crippen LogP contribution is 2.26. The van der Waals surface area contributed by atoms with Gasteiger partial charge in [-0.05, 0) is 25.0 Å². The molecule has 178 valence electrons. The van der Waals surface area contributed by atoms with Gasteiger partial charge in [0.15, 0.2) is 0 Å². The van der Waals surface area contributed by atoms with E-state index in [1.54, 1.807) is 0 Å². The Morgan fingerprint density at radius 2 is 1.85 bits per heavy atom. The maximum absolute atomic E-state index is 13.2. The summed E-state index contributed by atoms with van der Waals surface area (Å²) >= 11 is 0. The summed E-state index contributed by atoms with van der Waals surface area (Å²) < 4.78 is 6.32. The lowest BCUT2D eigenvalue weighted by atomic mass is 10.1. The second kappa shape index (κ2) is 10.4. The summed E-state index contributed by atoms with van der Waals surface area (Å²) in [5.74, 6) is 1.89. The Hall–Kier alpha value is -3.19. The Morgan fingerprint density at radius 1 is 1.06 bits per heavy atom. The van der Waals surface area contributed by atoms with Crippen molar-refractivity contribution in [2.45, 2.75) is 38.8 Å². The fraction of sp³-hybridized carbons (Fsp3) is 0.444. The summed E-state index contributed by atoms with van der Waals surface area (Å²) in [5.41, 5.74) is 2.11. The van der Waals surface area contributed by atoms with Gasteiger partial charge in [0.2, 0.25) is 11.9 Å². The Morgan fingerprint density at radius 3 is 2.71 bits per heavy atom. The minimum atomic E-state index is 0.123. The first kappa shape index (κ1) is 22.6. The third kappa shape index (κ3) is 5.14. The van der Waals surface area contributed by atoms with Crippen molar-refractivity contribution in [1.29, 1.82) is 0 Å². The average molecular weight is 460 g/mol. The number of carbonyl (C=O) groups is 1. The number of anilines is 1. The number of aromatic nitrogens is 2. The van der Waals surface area contributed by atoms with Gasteiger partial charge in [-0.1, -0.05) is 49.7 Å². The highest BCUT2D eigenvalue weighted by Gasteiger charge is 2.27. The number of piperazine rings is 1. The van der Waals surface area contributed by atoms with Gasteiger partial charge in [0.25, 0.3) is 0 Å². The van der Waals surface area contributed by atoms with Crippen LogP contribution in [0.3, 0.4) is 0 Å². The van der Waals surface area contributed by atoms with Crippen molar-refractivity contribution in [1.82, 2.24) is 19.8 Å². The van der Waals surface area contributed by atoms with Crippen LogP contribution in [0.4, 0.5) is 5.95 Å². The summed E-state index contributed by atoms with van der Waals surface area (Å²) in [4.78, 5) is 28.9. The molecule has 2 aliphatic heterocycles. The molecule has 7 heteroatoms. The van der Waals surface area contributed by atoms with Crippen LogP contribution in [-0.2, 0) is 11.3 Å². The number of para-hydroxylation sites is 2. The predicted octanol–water partition coefficient (Wildman–Crippen LogP) is 3.73. The Kier molecular flexibility index (Phi) is 6.90. The minimum absolute atomic E-state index is 0.123. The van der Waals surface area contributed by atoms with E-state index in [-0.39, 0.29) is 12.0 Å². The Balaban J connectivity index is 1.20. The molecule has 0 bridgehead atoms. The van der Waals surface area contributed by atoms with Crippen molar-refractivity contribution >= 4 is 22.8 Å². The van der Waals surface area contributed by atoms with Crippen LogP contribution >= 0.6 is 0 Å². The molecule has 5 rings (SSSR count). The van der Waals surface area contributed by atoms with Gasteiger partial charge in [0.05, 0.1) is 12.1 Å². The molecular weight excluding hydrogens is 426 g/mol. The third-order valence-corrected chi connectivity index (χ3v) is 6.75. The zero-order valence-corrected chi connectivity index (χ0v) is 19.9. The van der Waals surface area contributed by atoms with E-state index in [1.165, 1.54) is 0 Å². The summed E-state index contributed by atoms with van der Waals surface area (Å²) in [6.07, 6.45) is 5.29. The number of hydrogen-bond donors (Lipinski definition) is 0. The van der Waals surface area contributed by atoms with Crippen molar-refractivity contribution in [3.8, 4) is 5.75 Å². The molecule has 0 saturated carbocycles. The van der Waals surface area contributed by atoms with Crippen molar-refractivity contribution in [2.24, 2.45) is 0 Å². The molecule has 7 nitrogen and oxygen atoms in total. The summed E-state index contributed by atoms with van der Waals surface area (Å²) in [5, 5.41) is 1.04. The van der Waals surface area contributed by atoms with E-state index in [9.17, 15) is 4.79 Å². The fourth-order valence-corrected chi connectivity index (χ4v) is 4.82. The van der Waals surface area contributed by atoms with Crippen molar-refractivity contribution in [3.05, 3.63) is 60.3 Å². The van der Waals surface area contributed by atoms with Crippen molar-refractivity contribution in [2.75, 3.05) is 44.2 Å². The molecule has 34 heavy (non-hydrogen) atoms. The molecule has 3 heterocycles. The van der Waals surface area contributed by atoms with Crippen molar-refractivity contribution in [3.63, 3.8) is 0 Å². The van der Waals surface area contributed by atoms with Gasteiger partial charge in [0.1, 0.15) is 11.9 Å². The molecule has 1 fully saturated rings. The number of amides is 1. The zero-order chi connectivity index (χ0) is 23.3. The number of benzene rings is 2. The number of carbonyl (C=O) groups excluding carboxylic acids is 1. The van der Waals surface area contributed by atoms with Gasteiger partial charge < -0.3 is 14.5 Å². The third-order valence-electron chi connectivity index (χ3n) is 6.75.